The quantitative estimate of drug-likeness (QED) is 0.197. The molecule has 0 radical (unpaired) electrons. The molecule has 1 aliphatic heterocycles. The molecule has 3 nitrogen and oxygen atoms in total. The van der Waals surface area contributed by atoms with Gasteiger partial charge in [-0.05, 0) is 68.9 Å². The van der Waals surface area contributed by atoms with Crippen molar-refractivity contribution in [2.75, 3.05) is 0 Å². The Hall–Kier alpha value is -5.71. The Balaban J connectivity index is 1.34. The van der Waals surface area contributed by atoms with Crippen molar-refractivity contribution in [3.05, 3.63) is 140 Å². The van der Waals surface area contributed by atoms with Crippen molar-refractivity contribution in [1.29, 1.82) is 0 Å². The second-order valence-corrected chi connectivity index (χ2v) is 13.2. The standard InChI is InChI=1S/C42H23N3S/c1-2-10-24(11-3-1)26-22-23-33-40-37(26)30-17-7-13-25-12-6-15-27(36(25)30)28-16-8-19-32(38(28)40)45(33)42-43-31-18-9-21-35-39(31)41(44-42)29-14-4-5-20-34(29)46-35/h1-23H. The van der Waals surface area contributed by atoms with Crippen LogP contribution >= 0.6 is 11.8 Å². The van der Waals surface area contributed by atoms with Crippen LogP contribution in [-0.4, -0.2) is 14.5 Å². The molecule has 1 aliphatic carbocycles. The van der Waals surface area contributed by atoms with Gasteiger partial charge in [-0.3, -0.25) is 4.57 Å². The molecule has 0 atom stereocenters. The molecule has 4 heteroatoms. The molecule has 2 aliphatic rings. The molecule has 7 aromatic carbocycles. The van der Waals surface area contributed by atoms with E-state index in [0.717, 1.165) is 33.2 Å². The lowest BCUT2D eigenvalue weighted by atomic mass is 9.89. The Morgan fingerprint density at radius 2 is 1.13 bits per heavy atom. The molecule has 0 saturated carbocycles. The Morgan fingerprint density at radius 3 is 2.02 bits per heavy atom. The fourth-order valence-electron chi connectivity index (χ4n) is 7.89. The number of aromatic nitrogens is 3. The first-order valence-electron chi connectivity index (χ1n) is 15.6. The summed E-state index contributed by atoms with van der Waals surface area (Å²) >= 11 is 1.80. The van der Waals surface area contributed by atoms with Gasteiger partial charge in [-0.25, -0.2) is 9.97 Å². The van der Waals surface area contributed by atoms with E-state index >= 15 is 0 Å². The highest BCUT2D eigenvalue weighted by atomic mass is 32.2. The highest BCUT2D eigenvalue weighted by molar-refractivity contribution is 7.99. The summed E-state index contributed by atoms with van der Waals surface area (Å²) in [4.78, 5) is 13.2. The van der Waals surface area contributed by atoms with Crippen molar-refractivity contribution >= 4 is 55.2 Å². The van der Waals surface area contributed by atoms with E-state index < -0.39 is 0 Å². The lowest BCUT2D eigenvalue weighted by molar-refractivity contribution is 1.01. The lowest BCUT2D eigenvalue weighted by Crippen LogP contribution is -2.05. The second-order valence-electron chi connectivity index (χ2n) is 12.1. The minimum Gasteiger partial charge on any atom is -0.278 e. The molecular formula is C42H23N3S. The first-order valence-corrected chi connectivity index (χ1v) is 16.4. The summed E-state index contributed by atoms with van der Waals surface area (Å²) in [7, 11) is 0. The van der Waals surface area contributed by atoms with E-state index in [9.17, 15) is 0 Å². The van der Waals surface area contributed by atoms with E-state index in [1.54, 1.807) is 11.8 Å². The largest absolute Gasteiger partial charge is 0.278 e. The zero-order valence-electron chi connectivity index (χ0n) is 24.5. The number of hydrogen-bond acceptors (Lipinski definition) is 3. The van der Waals surface area contributed by atoms with Crippen molar-refractivity contribution in [1.82, 2.24) is 14.5 Å². The molecule has 9 aromatic rings. The fraction of sp³-hybridized carbons (Fsp3) is 0. The summed E-state index contributed by atoms with van der Waals surface area (Å²) in [6, 6.07) is 50.5. The third-order valence-corrected chi connectivity index (χ3v) is 10.9. The van der Waals surface area contributed by atoms with Gasteiger partial charge >= 0.3 is 0 Å². The molecule has 46 heavy (non-hydrogen) atoms. The van der Waals surface area contributed by atoms with Gasteiger partial charge in [0.2, 0.25) is 5.95 Å². The van der Waals surface area contributed by atoms with Crippen LogP contribution in [0.3, 0.4) is 0 Å². The highest BCUT2D eigenvalue weighted by Crippen LogP contribution is 2.53. The Kier molecular flexibility index (Phi) is 4.78. The van der Waals surface area contributed by atoms with Gasteiger partial charge in [0.1, 0.15) is 0 Å². The molecule has 0 N–H and O–H groups in total. The van der Waals surface area contributed by atoms with Gasteiger partial charge < -0.3 is 0 Å². The molecule has 0 spiro atoms. The van der Waals surface area contributed by atoms with Crippen molar-refractivity contribution < 1.29 is 0 Å². The number of benzene rings is 7. The van der Waals surface area contributed by atoms with E-state index in [0.29, 0.717) is 5.95 Å². The van der Waals surface area contributed by atoms with E-state index in [1.165, 1.54) is 64.7 Å². The Labute approximate surface area is 268 Å². The van der Waals surface area contributed by atoms with Crippen LogP contribution in [0.15, 0.2) is 149 Å². The molecule has 3 heterocycles. The zero-order chi connectivity index (χ0) is 29.9. The van der Waals surface area contributed by atoms with Gasteiger partial charge in [-0.1, -0.05) is 121 Å². The smallest absolute Gasteiger partial charge is 0.235 e. The lowest BCUT2D eigenvalue weighted by Gasteiger charge is -2.20. The summed E-state index contributed by atoms with van der Waals surface area (Å²) < 4.78 is 2.30. The van der Waals surface area contributed by atoms with Gasteiger partial charge in [0.15, 0.2) is 0 Å². The summed E-state index contributed by atoms with van der Waals surface area (Å²) in [5, 5.41) is 6.18. The first kappa shape index (κ1) is 24.6. The third-order valence-electron chi connectivity index (χ3n) is 9.74. The fourth-order valence-corrected chi connectivity index (χ4v) is 9.00. The van der Waals surface area contributed by atoms with Crippen LogP contribution in [0.2, 0.25) is 0 Å². The number of fused-ring (bicyclic) bond motifs is 4. The molecule has 0 amide bonds. The zero-order valence-corrected chi connectivity index (χ0v) is 25.3. The molecule has 0 unspecified atom stereocenters. The number of rotatable bonds is 2. The van der Waals surface area contributed by atoms with Gasteiger partial charge in [-0.15, -0.1) is 0 Å². The van der Waals surface area contributed by atoms with Crippen molar-refractivity contribution in [3.8, 4) is 50.6 Å². The van der Waals surface area contributed by atoms with Crippen molar-refractivity contribution in [2.24, 2.45) is 0 Å². The normalized spacial score (nSPS) is 12.7. The van der Waals surface area contributed by atoms with Gasteiger partial charge in [0.25, 0.3) is 0 Å². The third kappa shape index (κ3) is 3.14. The van der Waals surface area contributed by atoms with E-state index in [1.807, 2.05) is 0 Å². The number of hydrogen-bond donors (Lipinski definition) is 0. The Morgan fingerprint density at radius 1 is 0.435 bits per heavy atom. The molecule has 212 valence electrons. The summed E-state index contributed by atoms with van der Waals surface area (Å²) in [6.07, 6.45) is 0. The van der Waals surface area contributed by atoms with Crippen molar-refractivity contribution in [3.63, 3.8) is 0 Å². The first-order chi connectivity index (χ1) is 22.8. The molecule has 0 fully saturated rings. The average Bonchev–Trinajstić information content (AvgIpc) is 3.39. The van der Waals surface area contributed by atoms with E-state index in [-0.39, 0.29) is 0 Å². The maximum atomic E-state index is 5.42. The van der Waals surface area contributed by atoms with Crippen LogP contribution in [-0.2, 0) is 0 Å². The minimum absolute atomic E-state index is 0.698. The average molecular weight is 602 g/mol. The predicted octanol–water partition coefficient (Wildman–Crippen LogP) is 11.3. The van der Waals surface area contributed by atoms with Gasteiger partial charge in [-0.2, -0.15) is 0 Å². The van der Waals surface area contributed by atoms with Crippen molar-refractivity contribution in [2.45, 2.75) is 9.79 Å². The second kappa shape index (κ2) is 8.94. The molecule has 0 saturated heterocycles. The topological polar surface area (TPSA) is 30.7 Å². The monoisotopic (exact) mass is 601 g/mol. The maximum absolute atomic E-state index is 5.42. The van der Waals surface area contributed by atoms with Crippen LogP contribution in [0, 0.1) is 0 Å². The van der Waals surface area contributed by atoms with Crippen LogP contribution < -0.4 is 0 Å². The van der Waals surface area contributed by atoms with Gasteiger partial charge in [0.05, 0.1) is 22.2 Å². The summed E-state index contributed by atoms with van der Waals surface area (Å²) in [6.45, 7) is 0. The number of nitrogens with zero attached hydrogens (tertiary/aromatic N) is 3. The maximum Gasteiger partial charge on any atom is 0.235 e. The van der Waals surface area contributed by atoms with Crippen LogP contribution in [0.1, 0.15) is 0 Å². The van der Waals surface area contributed by atoms with Crippen LogP contribution in [0.4, 0.5) is 0 Å². The molecule has 2 aromatic heterocycles. The van der Waals surface area contributed by atoms with Crippen LogP contribution in [0.25, 0.3) is 94.1 Å². The van der Waals surface area contributed by atoms with E-state index in [2.05, 4.69) is 144 Å². The Bertz CT molecular complexity index is 2770. The predicted molar refractivity (Wildman–Crippen MR) is 191 cm³/mol. The summed E-state index contributed by atoms with van der Waals surface area (Å²) in [5.74, 6) is 0.698. The van der Waals surface area contributed by atoms with E-state index in [4.69, 9.17) is 9.97 Å². The molecule has 11 rings (SSSR count). The summed E-state index contributed by atoms with van der Waals surface area (Å²) in [5.41, 5.74) is 12.8. The highest BCUT2D eigenvalue weighted by Gasteiger charge is 2.29. The molecular weight excluding hydrogens is 579 g/mol. The minimum atomic E-state index is 0.698. The molecule has 0 bridgehead atoms. The van der Waals surface area contributed by atoms with Gasteiger partial charge in [0, 0.05) is 37.1 Å². The SMILES string of the molecule is c1ccc(-c2ccc3c4c2-c2cccc5cccc(c25)-c2cccc(c24)n3-c2nc3c4c(cccc4n2)Sc2ccccc2-3)cc1. The van der Waals surface area contributed by atoms with Crippen LogP contribution in [0.5, 0.6) is 0 Å².